The summed E-state index contributed by atoms with van der Waals surface area (Å²) in [6, 6.07) is 8.92. The van der Waals surface area contributed by atoms with Gasteiger partial charge < -0.3 is 9.84 Å². The summed E-state index contributed by atoms with van der Waals surface area (Å²) in [5, 5.41) is 10.2. The van der Waals surface area contributed by atoms with Crippen molar-refractivity contribution in [2.75, 3.05) is 6.61 Å². The Morgan fingerprint density at radius 1 is 1.25 bits per heavy atom. The van der Waals surface area contributed by atoms with Crippen LogP contribution in [0.2, 0.25) is 0 Å². The van der Waals surface area contributed by atoms with Gasteiger partial charge in [-0.3, -0.25) is 0 Å². The minimum Gasteiger partial charge on any atom is -0.462 e. The number of esters is 1. The third kappa shape index (κ3) is 6.71. The predicted molar refractivity (Wildman–Crippen MR) is 80.7 cm³/mol. The van der Waals surface area contributed by atoms with Gasteiger partial charge in [0.05, 0.1) is 17.8 Å². The smallest absolute Gasteiger partial charge is 0.338 e. The zero-order chi connectivity index (χ0) is 15.0. The van der Waals surface area contributed by atoms with Crippen LogP contribution in [0, 0.1) is 5.92 Å². The van der Waals surface area contributed by atoms with Crippen LogP contribution in [0.1, 0.15) is 56.8 Å². The molecule has 1 atom stereocenters. The van der Waals surface area contributed by atoms with Crippen LogP contribution in [-0.4, -0.2) is 23.3 Å². The molecule has 1 N–H and O–H groups in total. The topological polar surface area (TPSA) is 46.5 Å². The molecule has 0 amide bonds. The summed E-state index contributed by atoms with van der Waals surface area (Å²) in [6.45, 7) is 6.42. The minimum atomic E-state index is -0.758. The second-order valence-corrected chi connectivity index (χ2v) is 6.03. The molecular formula is C17H26O3. The first-order valence-electron chi connectivity index (χ1n) is 7.35. The molecule has 0 saturated heterocycles. The van der Waals surface area contributed by atoms with Gasteiger partial charge in [-0.15, -0.1) is 0 Å². The third-order valence-electron chi connectivity index (χ3n) is 3.38. The molecule has 0 saturated carbocycles. The Kier molecular flexibility index (Phi) is 6.73. The van der Waals surface area contributed by atoms with Crippen molar-refractivity contribution in [3.63, 3.8) is 0 Å². The quantitative estimate of drug-likeness (QED) is 0.735. The molecule has 0 spiro atoms. The summed E-state index contributed by atoms with van der Waals surface area (Å²) in [5.41, 5.74) is -0.210. The van der Waals surface area contributed by atoms with Gasteiger partial charge in [0.25, 0.3) is 0 Å². The van der Waals surface area contributed by atoms with Crippen LogP contribution in [0.15, 0.2) is 30.3 Å². The van der Waals surface area contributed by atoms with E-state index in [-0.39, 0.29) is 12.6 Å². The van der Waals surface area contributed by atoms with Crippen LogP contribution in [0.25, 0.3) is 0 Å². The molecular weight excluding hydrogens is 252 g/mol. The molecule has 112 valence electrons. The monoisotopic (exact) mass is 278 g/mol. The highest BCUT2D eigenvalue weighted by molar-refractivity contribution is 5.89. The molecule has 0 fully saturated rings. The zero-order valence-corrected chi connectivity index (χ0v) is 12.8. The fraction of sp³-hybridized carbons (Fsp3) is 0.588. The highest BCUT2D eigenvalue weighted by atomic mass is 16.5. The second kappa shape index (κ2) is 8.05. The van der Waals surface area contributed by atoms with E-state index in [9.17, 15) is 9.90 Å². The highest BCUT2D eigenvalue weighted by Crippen LogP contribution is 2.20. The molecule has 3 nitrogen and oxygen atoms in total. The van der Waals surface area contributed by atoms with E-state index in [0.717, 1.165) is 19.3 Å². The highest BCUT2D eigenvalue weighted by Gasteiger charge is 2.20. The van der Waals surface area contributed by atoms with E-state index in [4.69, 9.17) is 4.74 Å². The van der Waals surface area contributed by atoms with Gasteiger partial charge in [-0.25, -0.2) is 4.79 Å². The van der Waals surface area contributed by atoms with Gasteiger partial charge in [-0.05, 0) is 31.4 Å². The van der Waals surface area contributed by atoms with Crippen molar-refractivity contribution in [2.45, 2.75) is 52.1 Å². The zero-order valence-electron chi connectivity index (χ0n) is 12.8. The Labute approximate surface area is 122 Å². The average Bonchev–Trinajstić information content (AvgIpc) is 2.38. The van der Waals surface area contributed by atoms with Crippen LogP contribution in [0.3, 0.4) is 0 Å². The number of ether oxygens (including phenoxy) is 1. The molecule has 0 aliphatic rings. The maximum absolute atomic E-state index is 11.7. The molecule has 1 unspecified atom stereocenters. The van der Waals surface area contributed by atoms with E-state index in [0.29, 0.717) is 17.9 Å². The Bertz CT molecular complexity index is 396. The molecule has 0 radical (unpaired) electrons. The van der Waals surface area contributed by atoms with Crippen molar-refractivity contribution < 1.29 is 14.6 Å². The predicted octanol–water partition coefficient (Wildman–Crippen LogP) is 3.81. The number of rotatable bonds is 8. The summed E-state index contributed by atoms with van der Waals surface area (Å²) < 4.78 is 5.19. The van der Waals surface area contributed by atoms with Crippen molar-refractivity contribution in [3.8, 4) is 0 Å². The fourth-order valence-corrected chi connectivity index (χ4v) is 2.04. The van der Waals surface area contributed by atoms with E-state index in [1.807, 2.05) is 13.0 Å². The lowest BCUT2D eigenvalue weighted by atomic mass is 9.93. The Morgan fingerprint density at radius 3 is 2.50 bits per heavy atom. The Hall–Kier alpha value is -1.35. The normalized spacial score (nSPS) is 14.1. The van der Waals surface area contributed by atoms with Crippen LogP contribution in [-0.2, 0) is 4.74 Å². The molecule has 1 rings (SSSR count). The van der Waals surface area contributed by atoms with Gasteiger partial charge in [0.2, 0.25) is 0 Å². The van der Waals surface area contributed by atoms with Gasteiger partial charge in [0.1, 0.15) is 0 Å². The van der Waals surface area contributed by atoms with Gasteiger partial charge in [-0.1, -0.05) is 44.9 Å². The van der Waals surface area contributed by atoms with Gasteiger partial charge in [0.15, 0.2) is 0 Å². The van der Waals surface area contributed by atoms with E-state index in [1.54, 1.807) is 24.3 Å². The number of carbonyl (C=O) groups is 1. The summed E-state index contributed by atoms with van der Waals surface area (Å²) in [6.07, 6.45) is 3.33. The number of carbonyl (C=O) groups excluding carboxylic acids is 1. The van der Waals surface area contributed by atoms with Crippen molar-refractivity contribution in [3.05, 3.63) is 35.9 Å². The van der Waals surface area contributed by atoms with E-state index < -0.39 is 5.60 Å². The molecule has 20 heavy (non-hydrogen) atoms. The largest absolute Gasteiger partial charge is 0.462 e. The number of hydrogen-bond donors (Lipinski definition) is 1. The van der Waals surface area contributed by atoms with E-state index in [2.05, 4.69) is 13.8 Å². The van der Waals surface area contributed by atoms with Crippen LogP contribution < -0.4 is 0 Å². The summed E-state index contributed by atoms with van der Waals surface area (Å²) >= 11 is 0. The second-order valence-electron chi connectivity index (χ2n) is 6.03. The third-order valence-corrected chi connectivity index (χ3v) is 3.38. The van der Waals surface area contributed by atoms with E-state index in [1.165, 1.54) is 0 Å². The van der Waals surface area contributed by atoms with E-state index >= 15 is 0 Å². The molecule has 0 heterocycles. The van der Waals surface area contributed by atoms with Gasteiger partial charge in [-0.2, -0.15) is 0 Å². The van der Waals surface area contributed by atoms with Crippen molar-refractivity contribution in [1.82, 2.24) is 0 Å². The van der Waals surface area contributed by atoms with Crippen LogP contribution >= 0.6 is 0 Å². The minimum absolute atomic E-state index is 0.252. The number of hydrogen-bond acceptors (Lipinski definition) is 3. The average molecular weight is 278 g/mol. The standard InChI is InChI=1S/C17H26O3/c1-14(2)8-7-11-17(3,19)12-13-20-16(18)15-9-5-4-6-10-15/h4-6,9-10,14,19H,7-8,11-13H2,1-3H3. The molecule has 0 aliphatic carbocycles. The summed E-state index contributed by atoms with van der Waals surface area (Å²) in [5.74, 6) is 0.324. The maximum Gasteiger partial charge on any atom is 0.338 e. The molecule has 3 heteroatoms. The van der Waals surface area contributed by atoms with Crippen molar-refractivity contribution in [2.24, 2.45) is 5.92 Å². The molecule has 0 bridgehead atoms. The van der Waals surface area contributed by atoms with Gasteiger partial charge >= 0.3 is 5.97 Å². The lowest BCUT2D eigenvalue weighted by Crippen LogP contribution is -2.26. The lowest BCUT2D eigenvalue weighted by Gasteiger charge is -2.23. The fourth-order valence-electron chi connectivity index (χ4n) is 2.04. The first-order valence-corrected chi connectivity index (χ1v) is 7.35. The van der Waals surface area contributed by atoms with Crippen LogP contribution in [0.4, 0.5) is 0 Å². The van der Waals surface area contributed by atoms with Crippen LogP contribution in [0.5, 0.6) is 0 Å². The maximum atomic E-state index is 11.7. The molecule has 1 aromatic rings. The lowest BCUT2D eigenvalue weighted by molar-refractivity contribution is 0.00828. The first-order chi connectivity index (χ1) is 9.41. The molecule has 0 aromatic heterocycles. The van der Waals surface area contributed by atoms with Gasteiger partial charge in [0, 0.05) is 6.42 Å². The SMILES string of the molecule is CC(C)CCCC(C)(O)CCOC(=O)c1ccccc1. The molecule has 1 aromatic carbocycles. The van der Waals surface area contributed by atoms with Crippen molar-refractivity contribution in [1.29, 1.82) is 0 Å². The molecule has 0 aliphatic heterocycles. The van der Waals surface area contributed by atoms with Crippen molar-refractivity contribution >= 4 is 5.97 Å². The Balaban J connectivity index is 2.27. The summed E-state index contributed by atoms with van der Waals surface area (Å²) in [7, 11) is 0. The summed E-state index contributed by atoms with van der Waals surface area (Å²) in [4.78, 5) is 11.7. The first kappa shape index (κ1) is 16.7. The number of aliphatic hydroxyl groups is 1. The number of benzene rings is 1. The Morgan fingerprint density at radius 2 is 1.90 bits per heavy atom.